The zero-order valence-corrected chi connectivity index (χ0v) is 40.4. The van der Waals surface area contributed by atoms with Gasteiger partial charge in [0, 0.05) is 49.8 Å². The highest BCUT2D eigenvalue weighted by molar-refractivity contribution is 6.03. The van der Waals surface area contributed by atoms with Crippen molar-refractivity contribution >= 4 is 23.8 Å². The number of aldehydes is 1. The molecule has 6 atom stereocenters. The predicted molar refractivity (Wildman–Crippen MR) is 266 cm³/mol. The summed E-state index contributed by atoms with van der Waals surface area (Å²) in [5.41, 5.74) is 3.77. The molecule has 2 N–H and O–H groups in total. The number of hydrogen-bond donors (Lipinski definition) is 2. The van der Waals surface area contributed by atoms with E-state index < -0.39 is 34.7 Å². The highest BCUT2D eigenvalue weighted by Gasteiger charge is 2.66. The van der Waals surface area contributed by atoms with Crippen LogP contribution in [0.15, 0.2) is 121 Å². The molecule has 0 unspecified atom stereocenters. The van der Waals surface area contributed by atoms with E-state index >= 15 is 0 Å². The fourth-order valence-electron chi connectivity index (χ4n) is 10.5. The largest absolute Gasteiger partial charge is 0.496 e. The first-order valence-electron chi connectivity index (χ1n) is 24.3. The first kappa shape index (κ1) is 51.2. The Balaban J connectivity index is 1.33. The van der Waals surface area contributed by atoms with Crippen LogP contribution < -0.4 is 23.7 Å². The summed E-state index contributed by atoms with van der Waals surface area (Å²) in [5, 5.41) is 36.5. The van der Waals surface area contributed by atoms with E-state index in [1.165, 1.54) is 19.2 Å². The van der Waals surface area contributed by atoms with Gasteiger partial charge in [-0.3, -0.25) is 19.8 Å². The van der Waals surface area contributed by atoms with Gasteiger partial charge in [0.15, 0.2) is 17.8 Å². The summed E-state index contributed by atoms with van der Waals surface area (Å²) in [4.78, 5) is 45.8. The second-order valence-electron chi connectivity index (χ2n) is 18.1. The van der Waals surface area contributed by atoms with Crippen LogP contribution in [0, 0.1) is 27.9 Å². The van der Waals surface area contributed by atoms with E-state index in [1.54, 1.807) is 59.5 Å². The van der Waals surface area contributed by atoms with E-state index in [9.17, 15) is 29.9 Å². The van der Waals surface area contributed by atoms with Crippen molar-refractivity contribution in [2.45, 2.75) is 82.3 Å². The molecule has 8 rings (SSSR count). The van der Waals surface area contributed by atoms with Crippen molar-refractivity contribution in [3.63, 3.8) is 0 Å². The summed E-state index contributed by atoms with van der Waals surface area (Å²) in [6, 6.07) is 21.2. The van der Waals surface area contributed by atoms with Crippen LogP contribution in [0.4, 0.5) is 10.5 Å². The standard InChI is InChI=1S/C55H61N3O14/c1-4-6-26-66-54(62)57(32-37-15-20-49-50(27-37)68-35-67-49)51-31-46(56-70-34-36-13-16-40(17-14-36)58(63)64)44-29-38(11-7-9-23-59)43(12-8-10-24-60)52-45-30-42(71-41-18-21-47(65-3)39(28-41)33-61)19-22-48(45)72-55(51,53(44)52)69-25-5-2/h4-5,13-22,27-30,33,38,43,51-53,59-60H,1-2,6-12,23-26,31-32,34-35H2,3H3/t38-,43+,51-,52+,53+,55+/m0/s1. The highest BCUT2D eigenvalue weighted by Crippen LogP contribution is 2.62. The van der Waals surface area contributed by atoms with Crippen molar-refractivity contribution in [3.05, 3.63) is 148 Å². The smallest absolute Gasteiger partial charge is 0.410 e. The van der Waals surface area contributed by atoms with Gasteiger partial charge in [-0.2, -0.15) is 0 Å². The van der Waals surface area contributed by atoms with Crippen molar-refractivity contribution in [2.24, 2.45) is 22.9 Å². The van der Waals surface area contributed by atoms with Crippen LogP contribution in [0.3, 0.4) is 0 Å². The van der Waals surface area contributed by atoms with E-state index in [4.69, 9.17) is 43.2 Å². The van der Waals surface area contributed by atoms with Crippen molar-refractivity contribution in [1.29, 1.82) is 0 Å². The maximum Gasteiger partial charge on any atom is 0.410 e. The molecule has 2 heterocycles. The number of amides is 1. The highest BCUT2D eigenvalue weighted by atomic mass is 16.7. The van der Waals surface area contributed by atoms with Crippen LogP contribution in [-0.4, -0.2) is 90.3 Å². The average molecular weight is 988 g/mol. The Morgan fingerprint density at radius 2 is 1.65 bits per heavy atom. The number of carbonyl (C=O) groups is 2. The molecule has 4 aromatic rings. The fourth-order valence-corrected chi connectivity index (χ4v) is 10.5. The van der Waals surface area contributed by atoms with Crippen LogP contribution in [0.25, 0.3) is 0 Å². The summed E-state index contributed by atoms with van der Waals surface area (Å²) in [6.07, 6.45) is 10.1. The van der Waals surface area contributed by atoms with E-state index in [-0.39, 0.29) is 70.3 Å². The number of nitro groups is 1. The Kier molecular flexibility index (Phi) is 16.9. The normalized spacial score (nSPS) is 21.8. The summed E-state index contributed by atoms with van der Waals surface area (Å²) < 4.78 is 43.9. The van der Waals surface area contributed by atoms with Crippen molar-refractivity contribution in [3.8, 4) is 34.5 Å². The molecular weight excluding hydrogens is 927 g/mol. The van der Waals surface area contributed by atoms with Crippen molar-refractivity contribution in [1.82, 2.24) is 4.90 Å². The minimum absolute atomic E-state index is 0.0134. The molecular formula is C55H61N3O14. The molecule has 17 heteroatoms. The molecule has 0 saturated heterocycles. The lowest BCUT2D eigenvalue weighted by atomic mass is 9.55. The summed E-state index contributed by atoms with van der Waals surface area (Å²) >= 11 is 0. The van der Waals surface area contributed by atoms with Crippen molar-refractivity contribution in [2.75, 3.05) is 40.3 Å². The molecule has 0 aromatic heterocycles. The Hall–Kier alpha value is -7.21. The number of nitrogens with zero attached hydrogens (tertiary/aromatic N) is 3. The Labute approximate surface area is 418 Å². The average Bonchev–Trinajstić information content (AvgIpc) is 3.87. The van der Waals surface area contributed by atoms with Crippen molar-refractivity contribution < 1.29 is 62.7 Å². The molecule has 4 aliphatic rings. The molecule has 0 bridgehead atoms. The van der Waals surface area contributed by atoms with Gasteiger partial charge in [-0.15, -0.1) is 13.2 Å². The van der Waals surface area contributed by atoms with Crippen LogP contribution in [0.2, 0.25) is 0 Å². The first-order chi connectivity index (χ1) is 35.1. The minimum Gasteiger partial charge on any atom is -0.496 e. The van der Waals surface area contributed by atoms with Gasteiger partial charge < -0.3 is 48.2 Å². The topological polar surface area (TPSA) is 207 Å². The first-order valence-corrected chi connectivity index (χ1v) is 24.3. The van der Waals surface area contributed by atoms with Gasteiger partial charge >= 0.3 is 6.09 Å². The quantitative estimate of drug-likeness (QED) is 0.0208. The Morgan fingerprint density at radius 1 is 0.917 bits per heavy atom. The van der Waals surface area contributed by atoms with Gasteiger partial charge in [0.2, 0.25) is 12.6 Å². The van der Waals surface area contributed by atoms with E-state index in [1.807, 2.05) is 24.3 Å². The number of non-ortho nitro benzene ring substituents is 1. The molecule has 2 aliphatic heterocycles. The summed E-state index contributed by atoms with van der Waals surface area (Å²) in [5.74, 6) is 0.0549. The number of unbranched alkanes of at least 4 members (excludes halogenated alkanes) is 2. The van der Waals surface area contributed by atoms with E-state index in [2.05, 4.69) is 19.2 Å². The Morgan fingerprint density at radius 3 is 2.39 bits per heavy atom. The molecule has 1 amide bonds. The van der Waals surface area contributed by atoms with Gasteiger partial charge in [-0.1, -0.05) is 42.3 Å². The predicted octanol–water partition coefficient (Wildman–Crippen LogP) is 9.99. The number of fused-ring (bicyclic) bond motifs is 3. The second kappa shape index (κ2) is 23.8. The van der Waals surface area contributed by atoms with E-state index in [0.29, 0.717) is 95.3 Å². The van der Waals surface area contributed by atoms with Crippen LogP contribution in [-0.2, 0) is 27.5 Å². The maximum absolute atomic E-state index is 14.9. The lowest BCUT2D eigenvalue weighted by molar-refractivity contribution is -0.384. The van der Waals surface area contributed by atoms with Gasteiger partial charge in [-0.05, 0) is 121 Å². The number of oxime groups is 1. The third-order valence-electron chi connectivity index (χ3n) is 13.7. The molecule has 2 aliphatic carbocycles. The summed E-state index contributed by atoms with van der Waals surface area (Å²) in [7, 11) is 1.49. The lowest BCUT2D eigenvalue weighted by Crippen LogP contribution is -2.70. The van der Waals surface area contributed by atoms with Crippen LogP contribution >= 0.6 is 0 Å². The number of benzene rings is 4. The zero-order valence-electron chi connectivity index (χ0n) is 40.4. The third-order valence-corrected chi connectivity index (χ3v) is 13.7. The Bertz CT molecular complexity index is 2650. The number of allylic oxidation sites excluding steroid dienone is 1. The number of ether oxygens (including phenoxy) is 7. The molecule has 4 aromatic carbocycles. The fraction of sp³-hybridized carbons (Fsp3) is 0.400. The number of carbonyl (C=O) groups excluding carboxylic acids is 2. The molecule has 72 heavy (non-hydrogen) atoms. The molecule has 1 saturated carbocycles. The van der Waals surface area contributed by atoms with Gasteiger partial charge in [0.1, 0.15) is 35.6 Å². The zero-order chi connectivity index (χ0) is 50.6. The minimum atomic E-state index is -1.62. The number of aliphatic hydroxyl groups is 2. The van der Waals surface area contributed by atoms with Gasteiger partial charge in [-0.25, -0.2) is 4.79 Å². The number of methoxy groups -OCH3 is 1. The molecule has 0 spiro atoms. The van der Waals surface area contributed by atoms with Gasteiger partial charge in [0.25, 0.3) is 5.69 Å². The van der Waals surface area contributed by atoms with Crippen LogP contribution in [0.1, 0.15) is 84.3 Å². The van der Waals surface area contributed by atoms with Crippen LogP contribution in [0.5, 0.6) is 34.5 Å². The number of aliphatic hydroxyl groups excluding tert-OH is 2. The lowest BCUT2D eigenvalue weighted by Gasteiger charge is -2.59. The second-order valence-corrected chi connectivity index (χ2v) is 18.1. The molecule has 17 nitrogen and oxygen atoms in total. The SMILES string of the molecule is C=CCCOC(=O)N(Cc1ccc2c(c1)OCO2)[C@H]1CC(=NOCc2ccc([N+](=O)[O-])cc2)C2=C[C@H](CCCCO)[C@@H](CCCCO)[C@@H]3c4cc(Oc5ccc(OC)c(C=O)c5)ccc4O[C@@]1(OCC=C)[C@H]23. The number of hydrogen-bond acceptors (Lipinski definition) is 15. The molecule has 0 radical (unpaired) electrons. The number of nitro benzene ring substituents is 1. The maximum atomic E-state index is 14.9. The molecule has 380 valence electrons. The molecule has 1 fully saturated rings. The summed E-state index contributed by atoms with van der Waals surface area (Å²) in [6.45, 7) is 8.07. The number of rotatable bonds is 25. The third kappa shape index (κ3) is 11.1. The van der Waals surface area contributed by atoms with E-state index in [0.717, 1.165) is 24.0 Å². The van der Waals surface area contributed by atoms with Gasteiger partial charge in [0.05, 0.1) is 42.4 Å². The monoisotopic (exact) mass is 987 g/mol.